The van der Waals surface area contributed by atoms with Crippen LogP contribution >= 0.6 is 7.92 Å². The van der Waals surface area contributed by atoms with Crippen molar-refractivity contribution in [3.8, 4) is 22.3 Å². The van der Waals surface area contributed by atoms with E-state index in [1.165, 1.54) is 68.5 Å². The fourth-order valence-electron chi connectivity index (χ4n) is 7.03. The van der Waals surface area contributed by atoms with Crippen LogP contribution in [0.1, 0.15) is 193 Å². The zero-order chi connectivity index (χ0) is 33.9. The second-order valence-electron chi connectivity index (χ2n) is 15.7. The van der Waals surface area contributed by atoms with Gasteiger partial charge in [-0.05, 0) is 121 Å². The minimum absolute atomic E-state index is 0.434. The fraction of sp³-hybridized carbons (Fsp3) is 0.591. The highest BCUT2D eigenvalue weighted by Crippen LogP contribution is 2.54. The lowest BCUT2D eigenvalue weighted by molar-refractivity contribution is 0.807. The Balaban J connectivity index is 2.71. The third-order valence-corrected chi connectivity index (χ3v) is 13.9. The second kappa shape index (κ2) is 15.8. The average Bonchev–Trinajstić information content (AvgIpc) is 2.99. The van der Waals surface area contributed by atoms with Gasteiger partial charge in [0.2, 0.25) is 0 Å². The predicted octanol–water partition coefficient (Wildman–Crippen LogP) is 14.5. The van der Waals surface area contributed by atoms with Crippen LogP contribution in [0.4, 0.5) is 0 Å². The molecule has 2 unspecified atom stereocenters. The van der Waals surface area contributed by atoms with Crippen molar-refractivity contribution in [3.05, 3.63) is 75.8 Å². The van der Waals surface area contributed by atoms with Crippen molar-refractivity contribution in [2.45, 2.75) is 170 Å². The van der Waals surface area contributed by atoms with E-state index in [0.717, 1.165) is 0 Å². The molecule has 248 valence electrons. The molecule has 0 radical (unpaired) electrons. The molecule has 3 aromatic rings. The van der Waals surface area contributed by atoms with E-state index in [1.807, 2.05) is 0 Å². The van der Waals surface area contributed by atoms with Gasteiger partial charge in [0.1, 0.15) is 0 Å². The van der Waals surface area contributed by atoms with Crippen molar-refractivity contribution < 1.29 is 0 Å². The van der Waals surface area contributed by atoms with Crippen molar-refractivity contribution in [2.24, 2.45) is 0 Å². The van der Waals surface area contributed by atoms with Crippen LogP contribution in [0.5, 0.6) is 0 Å². The summed E-state index contributed by atoms with van der Waals surface area (Å²) in [6.07, 6.45) is 2.43. The van der Waals surface area contributed by atoms with Crippen molar-refractivity contribution in [3.63, 3.8) is 0 Å². The van der Waals surface area contributed by atoms with Crippen molar-refractivity contribution >= 4 is 13.2 Å². The third kappa shape index (κ3) is 7.98. The van der Waals surface area contributed by atoms with Crippen LogP contribution in [0, 0.1) is 0 Å². The van der Waals surface area contributed by atoms with Gasteiger partial charge in [-0.1, -0.05) is 161 Å². The molecule has 0 heterocycles. The summed E-state index contributed by atoms with van der Waals surface area (Å²) in [7, 11) is -0.434. The Kier molecular flexibility index (Phi) is 13.2. The van der Waals surface area contributed by atoms with Crippen LogP contribution in [-0.4, -0.2) is 11.3 Å². The Bertz CT molecular complexity index is 1260. The smallest absolute Gasteiger partial charge is 0.00785 e. The molecule has 0 aliphatic heterocycles. The normalized spacial score (nSPS) is 14.4. The molecule has 0 amide bonds. The van der Waals surface area contributed by atoms with Gasteiger partial charge in [-0.25, -0.2) is 0 Å². The molecule has 2 atom stereocenters. The zero-order valence-corrected chi connectivity index (χ0v) is 32.9. The van der Waals surface area contributed by atoms with Crippen LogP contribution in [0.15, 0.2) is 42.5 Å². The van der Waals surface area contributed by atoms with Crippen LogP contribution in [-0.2, 0) is 0 Å². The Labute approximate surface area is 281 Å². The van der Waals surface area contributed by atoms with E-state index in [4.69, 9.17) is 0 Å². The first kappa shape index (κ1) is 37.5. The van der Waals surface area contributed by atoms with E-state index in [0.29, 0.717) is 46.8 Å². The molecule has 0 N–H and O–H groups in total. The Morgan fingerprint density at radius 1 is 0.444 bits per heavy atom. The molecule has 0 saturated heterocycles. The van der Waals surface area contributed by atoms with Gasteiger partial charge in [-0.2, -0.15) is 0 Å². The lowest BCUT2D eigenvalue weighted by atomic mass is 9.79. The summed E-state index contributed by atoms with van der Waals surface area (Å²) in [5.74, 6) is 2.84. The average molecular weight is 627 g/mol. The molecule has 1 heteroatoms. The SMILES string of the molecule is CCC(C)P(c1c(-c2c(C(C)C)cc(C(C)C)cc2C(C)C)cccc1-c1c(C(C)C)cc(C(C)C)cc1C(C)C)C(C)CC. The van der Waals surface area contributed by atoms with Gasteiger partial charge >= 0.3 is 0 Å². The molecular formula is C44H67P. The lowest BCUT2D eigenvalue weighted by Crippen LogP contribution is -2.23. The molecule has 0 fully saturated rings. The van der Waals surface area contributed by atoms with Crippen molar-refractivity contribution in [1.29, 1.82) is 0 Å². The number of benzene rings is 3. The summed E-state index contributed by atoms with van der Waals surface area (Å²) in [6.45, 7) is 38.5. The predicted molar refractivity (Wildman–Crippen MR) is 208 cm³/mol. The molecule has 0 bridgehead atoms. The topological polar surface area (TPSA) is 0 Å². The summed E-state index contributed by atoms with van der Waals surface area (Å²) in [5.41, 5.74) is 16.4. The highest BCUT2D eigenvalue weighted by Gasteiger charge is 2.32. The first-order valence-electron chi connectivity index (χ1n) is 18.3. The van der Waals surface area contributed by atoms with E-state index in [1.54, 1.807) is 5.30 Å². The van der Waals surface area contributed by atoms with Gasteiger partial charge in [0.05, 0.1) is 0 Å². The fourth-order valence-corrected chi connectivity index (χ4v) is 10.5. The molecule has 3 aromatic carbocycles. The minimum Gasteiger partial charge on any atom is -0.0682 e. The summed E-state index contributed by atoms with van der Waals surface area (Å²) < 4.78 is 0. The Hall–Kier alpha value is -1.91. The van der Waals surface area contributed by atoms with Gasteiger partial charge in [0.25, 0.3) is 0 Å². The van der Waals surface area contributed by atoms with Gasteiger partial charge in [-0.15, -0.1) is 0 Å². The molecule has 45 heavy (non-hydrogen) atoms. The standard InChI is InChI=1S/C44H67P/c1-17-32(15)45(33(16)18-2)44-36(42-38(28(7)8)22-34(26(3)4)23-39(42)29(9)10)20-19-21-37(44)43-40(30(11)12)24-35(27(5)6)25-41(43)31(13)14/h19-33H,17-18H2,1-16H3. The largest absolute Gasteiger partial charge is 0.0682 e. The van der Waals surface area contributed by atoms with E-state index >= 15 is 0 Å². The minimum atomic E-state index is -0.434. The van der Waals surface area contributed by atoms with E-state index in [2.05, 4.69) is 153 Å². The number of hydrogen-bond donors (Lipinski definition) is 0. The Morgan fingerprint density at radius 2 is 0.733 bits per heavy atom. The first-order valence-corrected chi connectivity index (χ1v) is 19.8. The monoisotopic (exact) mass is 626 g/mol. The highest BCUT2D eigenvalue weighted by molar-refractivity contribution is 7.67. The molecule has 0 nitrogen and oxygen atoms in total. The maximum absolute atomic E-state index is 2.55. The molecule has 0 aliphatic rings. The maximum Gasteiger partial charge on any atom is -0.00785 e. The molecule has 0 spiro atoms. The molecule has 0 aromatic heterocycles. The summed E-state index contributed by atoms with van der Waals surface area (Å²) in [5, 5.41) is 1.67. The molecule has 3 rings (SSSR count). The molecular weight excluding hydrogens is 559 g/mol. The van der Waals surface area contributed by atoms with Crippen LogP contribution in [0.2, 0.25) is 0 Å². The third-order valence-electron chi connectivity index (χ3n) is 10.2. The maximum atomic E-state index is 2.55. The first-order chi connectivity index (χ1) is 21.1. The molecule has 0 saturated carbocycles. The van der Waals surface area contributed by atoms with Crippen LogP contribution < -0.4 is 5.30 Å². The van der Waals surface area contributed by atoms with Gasteiger partial charge in [0.15, 0.2) is 0 Å². The summed E-state index contributed by atoms with van der Waals surface area (Å²) in [4.78, 5) is 0. The van der Waals surface area contributed by atoms with E-state index in [-0.39, 0.29) is 0 Å². The quantitative estimate of drug-likeness (QED) is 0.166. The summed E-state index contributed by atoms with van der Waals surface area (Å²) >= 11 is 0. The van der Waals surface area contributed by atoms with Crippen molar-refractivity contribution in [2.75, 3.05) is 0 Å². The Morgan fingerprint density at radius 3 is 0.956 bits per heavy atom. The zero-order valence-electron chi connectivity index (χ0n) is 32.0. The van der Waals surface area contributed by atoms with E-state index < -0.39 is 7.92 Å². The summed E-state index contributed by atoms with van der Waals surface area (Å²) in [6, 6.07) is 17.6. The number of hydrogen-bond acceptors (Lipinski definition) is 0. The second-order valence-corrected chi connectivity index (χ2v) is 18.7. The van der Waals surface area contributed by atoms with E-state index in [9.17, 15) is 0 Å². The highest BCUT2D eigenvalue weighted by atomic mass is 31.1. The lowest BCUT2D eigenvalue weighted by Gasteiger charge is -2.36. The van der Waals surface area contributed by atoms with Gasteiger partial charge < -0.3 is 0 Å². The van der Waals surface area contributed by atoms with Gasteiger partial charge in [-0.3, -0.25) is 0 Å². The molecule has 0 aliphatic carbocycles. The van der Waals surface area contributed by atoms with Gasteiger partial charge in [0, 0.05) is 0 Å². The number of rotatable bonds is 13. The van der Waals surface area contributed by atoms with Crippen LogP contribution in [0.3, 0.4) is 0 Å². The van der Waals surface area contributed by atoms with Crippen LogP contribution in [0.25, 0.3) is 22.3 Å². The van der Waals surface area contributed by atoms with Crippen molar-refractivity contribution in [1.82, 2.24) is 0 Å².